The quantitative estimate of drug-likeness (QED) is 0.354. The zero-order valence-electron chi connectivity index (χ0n) is 18.9. The predicted molar refractivity (Wildman–Crippen MR) is 130 cm³/mol. The van der Waals surface area contributed by atoms with Crippen LogP contribution in [0.5, 0.6) is 0 Å². The van der Waals surface area contributed by atoms with Crippen molar-refractivity contribution in [3.63, 3.8) is 0 Å². The number of ether oxygens (including phenoxy) is 1. The Morgan fingerprint density at radius 1 is 1.18 bits per heavy atom. The topological polar surface area (TPSA) is 63.4 Å². The lowest BCUT2D eigenvalue weighted by Gasteiger charge is -2.37. The molecule has 0 saturated carbocycles. The van der Waals surface area contributed by atoms with Crippen molar-refractivity contribution < 1.29 is 13.7 Å². The minimum Gasteiger partial charge on any atom is -0.379 e. The molecule has 0 saturated heterocycles. The van der Waals surface area contributed by atoms with Gasteiger partial charge in [-0.15, -0.1) is 0 Å². The molecule has 2 heterocycles. The normalized spacial score (nSPS) is 16.5. The zero-order valence-corrected chi connectivity index (χ0v) is 19.7. The Morgan fingerprint density at radius 3 is 2.70 bits per heavy atom. The zero-order chi connectivity index (χ0) is 23.4. The lowest BCUT2D eigenvalue weighted by atomic mass is 9.95. The molecule has 33 heavy (non-hydrogen) atoms. The molecule has 1 aromatic heterocycles. The second-order valence-corrected chi connectivity index (χ2v) is 8.54. The predicted octanol–water partition coefficient (Wildman–Crippen LogP) is 5.35. The minimum atomic E-state index is -0.351. The van der Waals surface area contributed by atoms with Gasteiger partial charge in [-0.3, -0.25) is 0 Å². The van der Waals surface area contributed by atoms with Crippen molar-refractivity contribution in [1.82, 2.24) is 20.4 Å². The summed E-state index contributed by atoms with van der Waals surface area (Å²) in [7, 11) is 0. The van der Waals surface area contributed by atoms with Gasteiger partial charge in [-0.25, -0.2) is 4.39 Å². The highest BCUT2D eigenvalue weighted by Crippen LogP contribution is 2.37. The molecule has 0 spiro atoms. The van der Waals surface area contributed by atoms with Crippen molar-refractivity contribution in [2.45, 2.75) is 39.3 Å². The van der Waals surface area contributed by atoms with Gasteiger partial charge in [0.1, 0.15) is 5.82 Å². The van der Waals surface area contributed by atoms with Crippen molar-refractivity contribution in [3.8, 4) is 11.4 Å². The third-order valence-electron chi connectivity index (χ3n) is 5.45. The van der Waals surface area contributed by atoms with Crippen LogP contribution in [0, 0.1) is 5.82 Å². The molecule has 8 heteroatoms. The van der Waals surface area contributed by atoms with E-state index in [0.29, 0.717) is 35.5 Å². The number of benzene rings is 2. The third kappa shape index (κ3) is 5.29. The fraction of sp³-hybridized carbons (Fsp3) is 0.320. The highest BCUT2D eigenvalue weighted by atomic mass is 32.1. The average molecular weight is 467 g/mol. The van der Waals surface area contributed by atoms with E-state index in [1.165, 1.54) is 12.1 Å². The van der Waals surface area contributed by atoms with Crippen LogP contribution >= 0.6 is 12.2 Å². The first-order valence-electron chi connectivity index (χ1n) is 11.0. The molecule has 172 valence electrons. The maximum atomic E-state index is 13.7. The summed E-state index contributed by atoms with van der Waals surface area (Å²) < 4.78 is 25.1. The number of allylic oxidation sites excluding steroid dienone is 1. The number of aromatic nitrogens is 2. The lowest BCUT2D eigenvalue weighted by Crippen LogP contribution is -2.46. The summed E-state index contributed by atoms with van der Waals surface area (Å²) in [6, 6.07) is 15.9. The largest absolute Gasteiger partial charge is 0.379 e. The molecule has 2 aromatic carbocycles. The van der Waals surface area contributed by atoms with Crippen LogP contribution in [0.3, 0.4) is 0 Å². The summed E-state index contributed by atoms with van der Waals surface area (Å²) in [5.41, 5.74) is 3.37. The number of halogens is 1. The summed E-state index contributed by atoms with van der Waals surface area (Å²) in [5, 5.41) is 8.20. The first-order chi connectivity index (χ1) is 15.9. The molecule has 4 rings (SSSR count). The molecular weight excluding hydrogens is 439 g/mol. The second-order valence-electron chi connectivity index (χ2n) is 8.15. The van der Waals surface area contributed by atoms with Crippen LogP contribution in [0.2, 0.25) is 0 Å². The molecular formula is C25H27FN4O2S. The molecule has 0 fully saturated rings. The molecule has 0 radical (unpaired) electrons. The van der Waals surface area contributed by atoms with Crippen molar-refractivity contribution in [1.29, 1.82) is 0 Å². The molecule has 3 aromatic rings. The van der Waals surface area contributed by atoms with Gasteiger partial charge >= 0.3 is 0 Å². The summed E-state index contributed by atoms with van der Waals surface area (Å²) in [4.78, 5) is 6.66. The monoisotopic (exact) mass is 466 g/mol. The van der Waals surface area contributed by atoms with E-state index < -0.39 is 0 Å². The molecule has 1 aliphatic rings. The van der Waals surface area contributed by atoms with E-state index in [9.17, 15) is 4.39 Å². The van der Waals surface area contributed by atoms with Crippen molar-refractivity contribution in [2.24, 2.45) is 0 Å². The van der Waals surface area contributed by atoms with Gasteiger partial charge in [-0.2, -0.15) is 4.98 Å². The van der Waals surface area contributed by atoms with E-state index in [4.69, 9.17) is 21.5 Å². The molecule has 0 aliphatic carbocycles. The third-order valence-corrected chi connectivity index (χ3v) is 5.78. The first-order valence-corrected chi connectivity index (χ1v) is 11.4. The molecule has 1 aliphatic heterocycles. The van der Waals surface area contributed by atoms with E-state index >= 15 is 0 Å². The number of rotatable bonds is 8. The number of nitrogens with one attached hydrogen (secondary N) is 1. The number of thiocarbonyl (C=S) groups is 1. The van der Waals surface area contributed by atoms with Crippen LogP contribution in [0.25, 0.3) is 17.0 Å². The molecule has 0 amide bonds. The van der Waals surface area contributed by atoms with Gasteiger partial charge in [-0.1, -0.05) is 47.6 Å². The summed E-state index contributed by atoms with van der Waals surface area (Å²) in [5.74, 6) is 0.358. The summed E-state index contributed by atoms with van der Waals surface area (Å²) in [6.07, 6.45) is 1.00. The Balaban J connectivity index is 1.70. The van der Waals surface area contributed by atoms with Gasteiger partial charge in [0.25, 0.3) is 5.89 Å². The molecule has 6 nitrogen and oxygen atoms in total. The number of hydrogen-bond acceptors (Lipinski definition) is 5. The SMILES string of the molecule is CC1=C(c2nc(-c3cccc(F)c3)no2)C(c2ccccc2)NC(=S)N1CCCOC(C)C. The Labute approximate surface area is 198 Å². The highest BCUT2D eigenvalue weighted by Gasteiger charge is 2.33. The van der Waals surface area contributed by atoms with Gasteiger partial charge in [-0.05, 0) is 57.1 Å². The van der Waals surface area contributed by atoms with Crippen LogP contribution in [0.1, 0.15) is 44.7 Å². The smallest absolute Gasteiger partial charge is 0.258 e. The van der Waals surface area contributed by atoms with Crippen LogP contribution in [-0.2, 0) is 4.74 Å². The van der Waals surface area contributed by atoms with Crippen LogP contribution < -0.4 is 5.32 Å². The van der Waals surface area contributed by atoms with Crippen LogP contribution in [0.4, 0.5) is 4.39 Å². The Hall–Kier alpha value is -3.10. The molecule has 1 atom stereocenters. The van der Waals surface area contributed by atoms with Gasteiger partial charge in [0.05, 0.1) is 17.7 Å². The van der Waals surface area contributed by atoms with Gasteiger partial charge < -0.3 is 19.5 Å². The average Bonchev–Trinajstić information content (AvgIpc) is 3.28. The van der Waals surface area contributed by atoms with E-state index in [1.807, 2.05) is 56.0 Å². The molecule has 1 unspecified atom stereocenters. The Bertz CT molecular complexity index is 1150. The van der Waals surface area contributed by atoms with E-state index in [-0.39, 0.29) is 18.0 Å². The lowest BCUT2D eigenvalue weighted by molar-refractivity contribution is 0.0749. The van der Waals surface area contributed by atoms with Crippen molar-refractivity contribution >= 4 is 22.9 Å². The van der Waals surface area contributed by atoms with Gasteiger partial charge in [0.2, 0.25) is 5.82 Å². The maximum Gasteiger partial charge on any atom is 0.258 e. The Morgan fingerprint density at radius 2 is 1.97 bits per heavy atom. The maximum absolute atomic E-state index is 13.7. The Kier molecular flexibility index (Phi) is 7.15. The summed E-state index contributed by atoms with van der Waals surface area (Å²) >= 11 is 5.71. The highest BCUT2D eigenvalue weighted by molar-refractivity contribution is 7.80. The van der Waals surface area contributed by atoms with Gasteiger partial charge in [0.15, 0.2) is 5.11 Å². The molecule has 0 bridgehead atoms. The first kappa shape index (κ1) is 23.1. The fourth-order valence-corrected chi connectivity index (χ4v) is 4.19. The van der Waals surface area contributed by atoms with Crippen LogP contribution in [0.15, 0.2) is 64.8 Å². The van der Waals surface area contributed by atoms with Gasteiger partial charge in [0, 0.05) is 24.4 Å². The molecule has 1 N–H and O–H groups in total. The van der Waals surface area contributed by atoms with E-state index in [1.54, 1.807) is 12.1 Å². The number of nitrogens with zero attached hydrogens (tertiary/aromatic N) is 3. The standard InChI is InChI=1S/C25H27FN4O2S/c1-16(2)31-14-8-13-30-17(3)21(22(27-25(30)33)18-9-5-4-6-10-18)24-28-23(29-32-24)19-11-7-12-20(26)15-19/h4-7,9-12,15-16,22H,8,13-14H2,1-3H3,(H,27,33). The van der Waals surface area contributed by atoms with Crippen LogP contribution in [-0.4, -0.2) is 39.4 Å². The van der Waals surface area contributed by atoms with E-state index in [2.05, 4.69) is 15.5 Å². The summed E-state index contributed by atoms with van der Waals surface area (Å²) in [6.45, 7) is 7.39. The van der Waals surface area contributed by atoms with E-state index in [0.717, 1.165) is 23.3 Å². The second kappa shape index (κ2) is 10.2. The van der Waals surface area contributed by atoms with Crippen molar-refractivity contribution in [3.05, 3.63) is 77.6 Å². The fourth-order valence-electron chi connectivity index (χ4n) is 3.84. The minimum absolute atomic E-state index is 0.186. The number of hydrogen-bond donors (Lipinski definition) is 1. The van der Waals surface area contributed by atoms with Crippen molar-refractivity contribution in [2.75, 3.05) is 13.2 Å².